The minimum atomic E-state index is -0.624. The summed E-state index contributed by atoms with van der Waals surface area (Å²) in [6.07, 6.45) is 1.95. The summed E-state index contributed by atoms with van der Waals surface area (Å²) < 4.78 is 0. The van der Waals surface area contributed by atoms with Gasteiger partial charge in [-0.05, 0) is 0 Å². The van der Waals surface area contributed by atoms with Gasteiger partial charge in [0.25, 0.3) is 0 Å². The zero-order chi connectivity index (χ0) is 8.27. The highest BCUT2D eigenvalue weighted by atomic mass is 16.6. The van der Waals surface area contributed by atoms with Gasteiger partial charge in [0, 0.05) is 0 Å². The molecule has 1 rings (SSSR count). The Hall–Kier alpha value is -1.92. The van der Waals surface area contributed by atoms with Crippen molar-refractivity contribution < 1.29 is 10.1 Å². The van der Waals surface area contributed by atoms with E-state index in [0.717, 1.165) is 12.4 Å². The van der Waals surface area contributed by atoms with Crippen molar-refractivity contribution in [2.24, 2.45) is 5.16 Å². The molecule has 0 saturated heterocycles. The van der Waals surface area contributed by atoms with Crippen molar-refractivity contribution in [2.45, 2.75) is 0 Å². The third-order valence-corrected chi connectivity index (χ3v) is 1.03. The Morgan fingerprint density at radius 2 is 2.64 bits per heavy atom. The Bertz CT molecular complexity index is 291. The van der Waals surface area contributed by atoms with E-state index in [0.29, 0.717) is 0 Å². The number of H-pyrrole nitrogens is 1. The van der Waals surface area contributed by atoms with Crippen LogP contribution in [0.25, 0.3) is 0 Å². The summed E-state index contributed by atoms with van der Waals surface area (Å²) in [5.41, 5.74) is -0.152. The van der Waals surface area contributed by atoms with Crippen LogP contribution in [-0.2, 0) is 0 Å². The Kier molecular flexibility index (Phi) is 1.81. The fourth-order valence-electron chi connectivity index (χ4n) is 0.588. The Labute approximate surface area is 60.5 Å². The molecule has 0 radical (unpaired) electrons. The average Bonchev–Trinajstić information content (AvgIpc) is 2.36. The maximum absolute atomic E-state index is 10.2. The molecule has 7 nitrogen and oxygen atoms in total. The second kappa shape index (κ2) is 2.78. The van der Waals surface area contributed by atoms with Crippen LogP contribution in [0.5, 0.6) is 0 Å². The molecule has 0 spiro atoms. The van der Waals surface area contributed by atoms with E-state index in [9.17, 15) is 10.1 Å². The Balaban J connectivity index is 3.05. The van der Waals surface area contributed by atoms with Gasteiger partial charge in [-0.25, -0.2) is 0 Å². The van der Waals surface area contributed by atoms with Crippen molar-refractivity contribution in [1.82, 2.24) is 10.2 Å². The lowest BCUT2D eigenvalue weighted by molar-refractivity contribution is -0.385. The standard InChI is InChI=1S/C4H4N4O3/c9-6-1-3-4(8(10)11)2-5-7-3/h1-2,9H,(H,5,7). The van der Waals surface area contributed by atoms with Crippen molar-refractivity contribution in [3.05, 3.63) is 22.0 Å². The summed E-state index contributed by atoms with van der Waals surface area (Å²) in [5, 5.41) is 26.5. The number of rotatable bonds is 2. The van der Waals surface area contributed by atoms with Crippen LogP contribution in [0.2, 0.25) is 0 Å². The van der Waals surface area contributed by atoms with Crippen LogP contribution in [0, 0.1) is 10.1 Å². The topological polar surface area (TPSA) is 104 Å². The molecular formula is C4H4N4O3. The zero-order valence-corrected chi connectivity index (χ0v) is 5.26. The van der Waals surface area contributed by atoms with Gasteiger partial charge in [0.05, 0.1) is 11.1 Å². The molecule has 2 N–H and O–H groups in total. The average molecular weight is 156 g/mol. The highest BCUT2D eigenvalue weighted by molar-refractivity contribution is 5.81. The molecule has 0 unspecified atom stereocenters. The van der Waals surface area contributed by atoms with Crippen molar-refractivity contribution in [1.29, 1.82) is 0 Å². The van der Waals surface area contributed by atoms with Crippen LogP contribution in [0.15, 0.2) is 11.4 Å². The normalized spacial score (nSPS) is 10.5. The van der Waals surface area contributed by atoms with Gasteiger partial charge in [0.1, 0.15) is 6.20 Å². The predicted molar refractivity (Wildman–Crippen MR) is 34.6 cm³/mol. The van der Waals surface area contributed by atoms with Crippen molar-refractivity contribution in [2.75, 3.05) is 0 Å². The predicted octanol–water partition coefficient (Wildman–Crippen LogP) is 0.126. The molecule has 1 aromatic heterocycles. The third kappa shape index (κ3) is 1.31. The molecule has 0 atom stereocenters. The van der Waals surface area contributed by atoms with E-state index in [1.165, 1.54) is 0 Å². The molecule has 0 amide bonds. The molecule has 0 fully saturated rings. The quantitative estimate of drug-likeness (QED) is 0.274. The second-order valence-corrected chi connectivity index (χ2v) is 1.67. The summed E-state index contributed by atoms with van der Waals surface area (Å²) in [5.74, 6) is 0. The van der Waals surface area contributed by atoms with Gasteiger partial charge >= 0.3 is 5.69 Å². The summed E-state index contributed by atoms with van der Waals surface area (Å²) >= 11 is 0. The van der Waals surface area contributed by atoms with Gasteiger partial charge in [0.15, 0.2) is 5.69 Å². The summed E-state index contributed by atoms with van der Waals surface area (Å²) in [6, 6.07) is 0. The lowest BCUT2D eigenvalue weighted by Crippen LogP contribution is -1.91. The van der Waals surface area contributed by atoms with E-state index < -0.39 is 4.92 Å². The molecule has 0 aliphatic heterocycles. The molecule has 0 aromatic carbocycles. The van der Waals surface area contributed by atoms with Crippen LogP contribution >= 0.6 is 0 Å². The van der Waals surface area contributed by atoms with E-state index >= 15 is 0 Å². The fraction of sp³-hybridized carbons (Fsp3) is 0. The van der Waals surface area contributed by atoms with E-state index in [4.69, 9.17) is 5.21 Å². The number of nitro groups is 1. The van der Waals surface area contributed by atoms with Crippen molar-refractivity contribution >= 4 is 11.9 Å². The van der Waals surface area contributed by atoms with Crippen LogP contribution < -0.4 is 0 Å². The summed E-state index contributed by atoms with van der Waals surface area (Å²) in [6.45, 7) is 0. The molecule has 0 aliphatic carbocycles. The van der Waals surface area contributed by atoms with E-state index in [2.05, 4.69) is 15.4 Å². The smallest absolute Gasteiger partial charge is 0.315 e. The van der Waals surface area contributed by atoms with Gasteiger partial charge in [0.2, 0.25) is 0 Å². The number of hydrogen-bond acceptors (Lipinski definition) is 5. The van der Waals surface area contributed by atoms with Gasteiger partial charge in [-0.1, -0.05) is 5.16 Å². The van der Waals surface area contributed by atoms with Crippen LogP contribution in [0.3, 0.4) is 0 Å². The molecule has 58 valence electrons. The molecule has 11 heavy (non-hydrogen) atoms. The molecule has 7 heteroatoms. The van der Waals surface area contributed by atoms with Gasteiger partial charge < -0.3 is 5.21 Å². The van der Waals surface area contributed by atoms with Crippen LogP contribution in [0.4, 0.5) is 5.69 Å². The lowest BCUT2D eigenvalue weighted by Gasteiger charge is -1.84. The molecule has 0 bridgehead atoms. The van der Waals surface area contributed by atoms with Crippen molar-refractivity contribution in [3.8, 4) is 0 Å². The SMILES string of the molecule is O=[N+]([O-])c1cn[nH]c1C=NO. The van der Waals surface area contributed by atoms with Gasteiger partial charge in [-0.2, -0.15) is 5.10 Å². The van der Waals surface area contributed by atoms with E-state index in [1.807, 2.05) is 0 Å². The van der Waals surface area contributed by atoms with E-state index in [-0.39, 0.29) is 11.4 Å². The third-order valence-electron chi connectivity index (χ3n) is 1.03. The number of nitrogens with zero attached hydrogens (tertiary/aromatic N) is 3. The number of aromatic amines is 1. The van der Waals surface area contributed by atoms with Gasteiger partial charge in [-0.3, -0.25) is 15.2 Å². The largest absolute Gasteiger partial charge is 0.411 e. The highest BCUT2D eigenvalue weighted by Crippen LogP contribution is 2.11. The maximum atomic E-state index is 10.2. The first-order valence-corrected chi connectivity index (χ1v) is 2.61. The lowest BCUT2D eigenvalue weighted by atomic mass is 10.4. The number of hydrogen-bond donors (Lipinski definition) is 2. The summed E-state index contributed by atoms with van der Waals surface area (Å²) in [4.78, 5) is 9.54. The highest BCUT2D eigenvalue weighted by Gasteiger charge is 2.13. The molecule has 1 aromatic rings. The first-order chi connectivity index (χ1) is 5.25. The summed E-state index contributed by atoms with van der Waals surface area (Å²) in [7, 11) is 0. The van der Waals surface area contributed by atoms with Crippen LogP contribution in [0.1, 0.15) is 5.69 Å². The molecule has 1 heterocycles. The monoisotopic (exact) mass is 156 g/mol. The second-order valence-electron chi connectivity index (χ2n) is 1.67. The van der Waals surface area contributed by atoms with E-state index in [1.54, 1.807) is 0 Å². The zero-order valence-electron chi connectivity index (χ0n) is 5.26. The molecular weight excluding hydrogens is 152 g/mol. The first-order valence-electron chi connectivity index (χ1n) is 2.61. The Morgan fingerprint density at radius 1 is 1.91 bits per heavy atom. The fourth-order valence-corrected chi connectivity index (χ4v) is 0.588. The van der Waals surface area contributed by atoms with Crippen LogP contribution in [-0.4, -0.2) is 26.5 Å². The minimum absolute atomic E-state index is 0.0671. The Morgan fingerprint density at radius 3 is 3.18 bits per heavy atom. The van der Waals surface area contributed by atoms with Gasteiger partial charge in [-0.15, -0.1) is 0 Å². The maximum Gasteiger partial charge on any atom is 0.315 e. The number of aromatic nitrogens is 2. The first kappa shape index (κ1) is 7.19. The van der Waals surface area contributed by atoms with Crippen molar-refractivity contribution in [3.63, 3.8) is 0 Å². The molecule has 0 aliphatic rings. The minimum Gasteiger partial charge on any atom is -0.411 e. The number of oxime groups is 1. The number of nitrogens with one attached hydrogen (secondary N) is 1. The molecule has 0 saturated carbocycles.